The zero-order chi connectivity index (χ0) is 12.7. The summed E-state index contributed by atoms with van der Waals surface area (Å²) in [6.45, 7) is 4.90. The lowest BCUT2D eigenvalue weighted by atomic mass is 10.2. The predicted molar refractivity (Wildman–Crippen MR) is 66.1 cm³/mol. The maximum Gasteiger partial charge on any atom is 0.505 e. The first-order chi connectivity index (χ1) is 8.15. The first kappa shape index (κ1) is 14.3. The molecule has 5 heteroatoms. The third-order valence-electron chi connectivity index (χ3n) is 2.37. The van der Waals surface area contributed by atoms with Crippen LogP contribution in [0.5, 0.6) is 0 Å². The Balaban J connectivity index is 2.80. The first-order valence-corrected chi connectivity index (χ1v) is 7.66. The Morgan fingerprint density at radius 1 is 1.06 bits per heavy atom. The van der Waals surface area contributed by atoms with Crippen LogP contribution in [0.2, 0.25) is 0 Å². The SMILES string of the molecule is CCO[Si](Cc1ccc(F)cc1)(OC)OCC. The fraction of sp³-hybridized carbons (Fsp3) is 0.500. The van der Waals surface area contributed by atoms with Gasteiger partial charge in [-0.15, -0.1) is 0 Å². The Morgan fingerprint density at radius 3 is 2.00 bits per heavy atom. The quantitative estimate of drug-likeness (QED) is 0.704. The Bertz CT molecular complexity index is 323. The minimum atomic E-state index is -2.65. The monoisotopic (exact) mass is 258 g/mol. The summed E-state index contributed by atoms with van der Waals surface area (Å²) in [5, 5.41) is 0. The van der Waals surface area contributed by atoms with Crippen LogP contribution in [0.15, 0.2) is 24.3 Å². The van der Waals surface area contributed by atoms with E-state index in [4.69, 9.17) is 13.3 Å². The van der Waals surface area contributed by atoms with Crippen LogP contribution >= 0.6 is 0 Å². The van der Waals surface area contributed by atoms with Crippen molar-refractivity contribution in [2.45, 2.75) is 19.9 Å². The van der Waals surface area contributed by atoms with Gasteiger partial charge in [-0.05, 0) is 31.5 Å². The maximum absolute atomic E-state index is 12.8. The molecule has 0 bridgehead atoms. The van der Waals surface area contributed by atoms with Gasteiger partial charge >= 0.3 is 8.80 Å². The van der Waals surface area contributed by atoms with Crippen molar-refractivity contribution < 1.29 is 17.7 Å². The van der Waals surface area contributed by atoms with Gasteiger partial charge in [-0.2, -0.15) is 0 Å². The molecule has 0 heterocycles. The molecule has 0 aromatic heterocycles. The molecular formula is C12H19FO3Si. The van der Waals surface area contributed by atoms with E-state index in [9.17, 15) is 4.39 Å². The molecule has 1 aromatic carbocycles. The highest BCUT2D eigenvalue weighted by Crippen LogP contribution is 2.16. The molecule has 0 amide bonds. The van der Waals surface area contributed by atoms with E-state index in [1.807, 2.05) is 13.8 Å². The predicted octanol–water partition coefficient (Wildman–Crippen LogP) is 2.57. The molecule has 3 nitrogen and oxygen atoms in total. The van der Waals surface area contributed by atoms with Crippen molar-refractivity contribution in [1.82, 2.24) is 0 Å². The van der Waals surface area contributed by atoms with Gasteiger partial charge in [-0.3, -0.25) is 0 Å². The fourth-order valence-electron chi connectivity index (χ4n) is 1.63. The van der Waals surface area contributed by atoms with Gasteiger partial charge in [0.2, 0.25) is 0 Å². The van der Waals surface area contributed by atoms with Crippen molar-refractivity contribution >= 4 is 8.80 Å². The highest BCUT2D eigenvalue weighted by molar-refractivity contribution is 6.60. The zero-order valence-electron chi connectivity index (χ0n) is 10.5. The van der Waals surface area contributed by atoms with E-state index in [0.717, 1.165) is 5.56 Å². The van der Waals surface area contributed by atoms with Crippen molar-refractivity contribution in [3.63, 3.8) is 0 Å². The molecule has 96 valence electrons. The fourth-order valence-corrected chi connectivity index (χ4v) is 3.91. The number of benzene rings is 1. The molecule has 0 aliphatic heterocycles. The van der Waals surface area contributed by atoms with Crippen molar-refractivity contribution in [3.05, 3.63) is 35.6 Å². The van der Waals surface area contributed by atoms with Crippen LogP contribution in [0, 0.1) is 5.82 Å². The summed E-state index contributed by atoms with van der Waals surface area (Å²) in [6.07, 6.45) is 0. The Hall–Kier alpha value is -0.753. The Kier molecular flexibility index (Phi) is 5.77. The maximum atomic E-state index is 12.8. The molecule has 1 rings (SSSR count). The van der Waals surface area contributed by atoms with Crippen LogP contribution in [-0.4, -0.2) is 29.1 Å². The van der Waals surface area contributed by atoms with E-state index < -0.39 is 8.80 Å². The lowest BCUT2D eigenvalue weighted by Gasteiger charge is -2.27. The molecule has 0 atom stereocenters. The smallest absolute Gasteiger partial charge is 0.377 e. The Labute approximate surface area is 103 Å². The van der Waals surface area contributed by atoms with Crippen LogP contribution in [0.1, 0.15) is 19.4 Å². The van der Waals surface area contributed by atoms with Crippen molar-refractivity contribution in [1.29, 1.82) is 0 Å². The van der Waals surface area contributed by atoms with Gasteiger partial charge in [0.25, 0.3) is 0 Å². The minimum absolute atomic E-state index is 0.244. The van der Waals surface area contributed by atoms with Gasteiger partial charge in [0.1, 0.15) is 5.82 Å². The number of rotatable bonds is 7. The molecule has 1 aromatic rings. The lowest BCUT2D eigenvalue weighted by Crippen LogP contribution is -2.47. The zero-order valence-corrected chi connectivity index (χ0v) is 11.5. The molecule has 0 saturated carbocycles. The Morgan fingerprint density at radius 2 is 1.59 bits per heavy atom. The molecule has 0 N–H and O–H groups in total. The van der Waals surface area contributed by atoms with Gasteiger partial charge < -0.3 is 13.3 Å². The van der Waals surface area contributed by atoms with Crippen molar-refractivity contribution in [2.24, 2.45) is 0 Å². The topological polar surface area (TPSA) is 27.7 Å². The van der Waals surface area contributed by atoms with E-state index in [2.05, 4.69) is 0 Å². The number of hydrogen-bond acceptors (Lipinski definition) is 3. The van der Waals surface area contributed by atoms with Gasteiger partial charge in [-0.1, -0.05) is 12.1 Å². The van der Waals surface area contributed by atoms with Crippen molar-refractivity contribution in [3.8, 4) is 0 Å². The van der Waals surface area contributed by atoms with Gasteiger partial charge in [0.05, 0.1) is 0 Å². The van der Waals surface area contributed by atoms with E-state index in [-0.39, 0.29) is 5.82 Å². The summed E-state index contributed by atoms with van der Waals surface area (Å²) < 4.78 is 29.6. The minimum Gasteiger partial charge on any atom is -0.377 e. The normalized spacial score (nSPS) is 11.8. The summed E-state index contributed by atoms with van der Waals surface area (Å²) in [4.78, 5) is 0. The summed E-state index contributed by atoms with van der Waals surface area (Å²) in [7, 11) is -1.05. The van der Waals surface area contributed by atoms with Crippen molar-refractivity contribution in [2.75, 3.05) is 20.3 Å². The van der Waals surface area contributed by atoms with Crippen LogP contribution in [0.25, 0.3) is 0 Å². The largest absolute Gasteiger partial charge is 0.505 e. The second-order valence-corrected chi connectivity index (χ2v) is 6.26. The molecule has 0 aliphatic carbocycles. The summed E-state index contributed by atoms with van der Waals surface area (Å²) >= 11 is 0. The molecule has 17 heavy (non-hydrogen) atoms. The summed E-state index contributed by atoms with van der Waals surface area (Å²) in [5.41, 5.74) is 0.960. The summed E-state index contributed by atoms with van der Waals surface area (Å²) in [5.74, 6) is -0.244. The standard InChI is InChI=1S/C12H19FO3Si/c1-4-15-17(14-3,16-5-2)10-11-6-8-12(13)9-7-11/h6-9H,4-5,10H2,1-3H3. The highest BCUT2D eigenvalue weighted by atomic mass is 28.4. The van der Waals surface area contributed by atoms with E-state index >= 15 is 0 Å². The molecule has 0 aliphatic rings. The lowest BCUT2D eigenvalue weighted by molar-refractivity contribution is 0.0857. The van der Waals surface area contributed by atoms with Gasteiger partial charge in [0.15, 0.2) is 0 Å². The molecule has 0 saturated heterocycles. The molecule has 0 unspecified atom stereocenters. The molecule has 0 radical (unpaired) electrons. The highest BCUT2D eigenvalue weighted by Gasteiger charge is 2.39. The van der Waals surface area contributed by atoms with Crippen LogP contribution < -0.4 is 0 Å². The van der Waals surface area contributed by atoms with E-state index in [1.165, 1.54) is 12.1 Å². The number of halogens is 1. The molecule has 0 spiro atoms. The molecule has 0 fully saturated rings. The summed E-state index contributed by atoms with van der Waals surface area (Å²) in [6, 6.07) is 6.89. The van der Waals surface area contributed by atoms with E-state index in [0.29, 0.717) is 19.3 Å². The van der Waals surface area contributed by atoms with Crippen LogP contribution in [0.4, 0.5) is 4.39 Å². The third-order valence-corrected chi connectivity index (χ3v) is 5.29. The van der Waals surface area contributed by atoms with Gasteiger partial charge in [-0.25, -0.2) is 4.39 Å². The molecular weight excluding hydrogens is 239 g/mol. The second-order valence-electron chi connectivity index (χ2n) is 3.56. The van der Waals surface area contributed by atoms with Crippen LogP contribution in [0.3, 0.4) is 0 Å². The number of hydrogen-bond donors (Lipinski definition) is 0. The van der Waals surface area contributed by atoms with Gasteiger partial charge in [0, 0.05) is 26.4 Å². The average molecular weight is 258 g/mol. The second kappa shape index (κ2) is 6.86. The third kappa shape index (κ3) is 4.20. The average Bonchev–Trinajstić information content (AvgIpc) is 2.33. The first-order valence-electron chi connectivity index (χ1n) is 5.73. The van der Waals surface area contributed by atoms with E-state index in [1.54, 1.807) is 19.2 Å². The van der Waals surface area contributed by atoms with Crippen LogP contribution in [-0.2, 0) is 19.3 Å².